The second-order valence-corrected chi connectivity index (χ2v) is 7.67. The van der Waals surface area contributed by atoms with E-state index in [9.17, 15) is 0 Å². The molecule has 0 amide bonds. The number of hydrogen-bond acceptors (Lipinski definition) is 1. The van der Waals surface area contributed by atoms with Crippen LogP contribution in [0.15, 0.2) is 59.2 Å². The predicted molar refractivity (Wildman–Crippen MR) is 108 cm³/mol. The van der Waals surface area contributed by atoms with Gasteiger partial charge in [0.1, 0.15) is 0 Å². The molecule has 2 atom stereocenters. The van der Waals surface area contributed by atoms with Gasteiger partial charge in [-0.25, -0.2) is 0 Å². The van der Waals surface area contributed by atoms with Gasteiger partial charge in [-0.05, 0) is 66.9 Å². The molecule has 4 rings (SSSR count). The lowest BCUT2D eigenvalue weighted by Crippen LogP contribution is -2.21. The van der Waals surface area contributed by atoms with Gasteiger partial charge in [-0.1, -0.05) is 66.5 Å². The average Bonchev–Trinajstić information content (AvgIpc) is 2.99. The van der Waals surface area contributed by atoms with Crippen molar-refractivity contribution in [2.45, 2.75) is 51.9 Å². The molecule has 1 fully saturated rings. The van der Waals surface area contributed by atoms with E-state index in [2.05, 4.69) is 56.3 Å². The minimum absolute atomic E-state index is 0.555. The quantitative estimate of drug-likeness (QED) is 0.600. The van der Waals surface area contributed by atoms with Crippen LogP contribution in [0.5, 0.6) is 0 Å². The van der Waals surface area contributed by atoms with E-state index < -0.39 is 0 Å². The molecule has 2 aliphatic carbocycles. The molecule has 1 heteroatoms. The predicted octanol–water partition coefficient (Wildman–Crippen LogP) is 6.78. The number of nitrogens with one attached hydrogen (secondary N) is 1. The number of benzene rings is 2. The van der Waals surface area contributed by atoms with Crippen LogP contribution in [0.2, 0.25) is 0 Å². The van der Waals surface area contributed by atoms with Crippen LogP contribution < -0.4 is 0 Å². The fraction of sp³-hybridized carbons (Fsp3) is 0.375. The molecule has 25 heavy (non-hydrogen) atoms. The molecule has 128 valence electrons. The highest BCUT2D eigenvalue weighted by atomic mass is 14.4. The highest BCUT2D eigenvalue weighted by molar-refractivity contribution is 6.00. The molecule has 0 bridgehead atoms. The SMILES string of the molecule is CC1=CCC(C2CCCCC2c2ccc3ccccc3c2C=N)=C1C. The number of hydrogen-bond donors (Lipinski definition) is 1. The molecular weight excluding hydrogens is 302 g/mol. The molecule has 1 saturated carbocycles. The van der Waals surface area contributed by atoms with Gasteiger partial charge in [-0.15, -0.1) is 0 Å². The van der Waals surface area contributed by atoms with Gasteiger partial charge in [0.25, 0.3) is 0 Å². The van der Waals surface area contributed by atoms with Crippen molar-refractivity contribution in [3.05, 3.63) is 70.3 Å². The summed E-state index contributed by atoms with van der Waals surface area (Å²) in [6.07, 6.45) is 10.3. The van der Waals surface area contributed by atoms with E-state index in [4.69, 9.17) is 5.41 Å². The Morgan fingerprint density at radius 2 is 1.72 bits per heavy atom. The fourth-order valence-electron chi connectivity index (χ4n) is 4.97. The standard InChI is InChI=1S/C24H27N/c1-16-11-13-19(17(16)2)21-9-5-6-10-22(21)23-14-12-18-7-3-4-8-20(18)24(23)15-25/h3-4,7-8,11-12,14-15,21-22,25H,5-6,9-10,13H2,1-2H3. The molecule has 0 spiro atoms. The second-order valence-electron chi connectivity index (χ2n) is 7.67. The summed E-state index contributed by atoms with van der Waals surface area (Å²) in [5.41, 5.74) is 7.17. The van der Waals surface area contributed by atoms with Crippen LogP contribution in [0.25, 0.3) is 10.8 Å². The first-order valence-corrected chi connectivity index (χ1v) is 9.59. The lowest BCUT2D eigenvalue weighted by atomic mass is 9.69. The first kappa shape index (κ1) is 16.3. The fourth-order valence-corrected chi connectivity index (χ4v) is 4.97. The van der Waals surface area contributed by atoms with Gasteiger partial charge in [0.15, 0.2) is 0 Å². The summed E-state index contributed by atoms with van der Waals surface area (Å²) in [5, 5.41) is 10.6. The summed E-state index contributed by atoms with van der Waals surface area (Å²) in [7, 11) is 0. The van der Waals surface area contributed by atoms with Crippen molar-refractivity contribution in [1.82, 2.24) is 0 Å². The van der Waals surface area contributed by atoms with E-state index in [1.54, 1.807) is 11.8 Å². The van der Waals surface area contributed by atoms with E-state index >= 15 is 0 Å². The smallest absolute Gasteiger partial charge is 0.0259 e. The van der Waals surface area contributed by atoms with Crippen LogP contribution >= 0.6 is 0 Å². The van der Waals surface area contributed by atoms with E-state index in [1.165, 1.54) is 53.2 Å². The van der Waals surface area contributed by atoms with Crippen molar-refractivity contribution >= 4 is 17.0 Å². The van der Waals surface area contributed by atoms with Crippen LogP contribution in [0.3, 0.4) is 0 Å². The highest BCUT2D eigenvalue weighted by Crippen LogP contribution is 2.47. The van der Waals surface area contributed by atoms with E-state index in [0.717, 1.165) is 12.0 Å². The molecule has 2 aliphatic rings. The second kappa shape index (κ2) is 6.63. The molecule has 2 aromatic carbocycles. The van der Waals surface area contributed by atoms with Crippen molar-refractivity contribution in [3.8, 4) is 0 Å². The Morgan fingerprint density at radius 3 is 2.44 bits per heavy atom. The topological polar surface area (TPSA) is 23.9 Å². The minimum Gasteiger partial charge on any atom is -0.308 e. The van der Waals surface area contributed by atoms with Gasteiger partial charge in [0, 0.05) is 11.8 Å². The third kappa shape index (κ3) is 2.76. The number of allylic oxidation sites excluding steroid dienone is 4. The number of rotatable bonds is 3. The van der Waals surface area contributed by atoms with Gasteiger partial charge < -0.3 is 5.41 Å². The van der Waals surface area contributed by atoms with Crippen molar-refractivity contribution in [3.63, 3.8) is 0 Å². The summed E-state index contributed by atoms with van der Waals surface area (Å²) >= 11 is 0. The van der Waals surface area contributed by atoms with Gasteiger partial charge >= 0.3 is 0 Å². The molecule has 1 nitrogen and oxygen atoms in total. The van der Waals surface area contributed by atoms with E-state index in [0.29, 0.717) is 11.8 Å². The largest absolute Gasteiger partial charge is 0.308 e. The van der Waals surface area contributed by atoms with Crippen molar-refractivity contribution in [1.29, 1.82) is 5.41 Å². The molecule has 2 aromatic rings. The van der Waals surface area contributed by atoms with Crippen molar-refractivity contribution in [2.24, 2.45) is 5.92 Å². The molecule has 0 aliphatic heterocycles. The van der Waals surface area contributed by atoms with Crippen LogP contribution in [0.4, 0.5) is 0 Å². The molecule has 2 unspecified atom stereocenters. The normalized spacial score (nSPS) is 23.8. The maximum Gasteiger partial charge on any atom is 0.0259 e. The maximum atomic E-state index is 8.08. The molecular formula is C24H27N. The summed E-state index contributed by atoms with van der Waals surface area (Å²) in [4.78, 5) is 0. The molecule has 0 radical (unpaired) electrons. The average molecular weight is 329 g/mol. The summed E-state index contributed by atoms with van der Waals surface area (Å²) in [6.45, 7) is 4.55. The lowest BCUT2D eigenvalue weighted by Gasteiger charge is -2.35. The molecule has 0 saturated heterocycles. The lowest BCUT2D eigenvalue weighted by molar-refractivity contribution is 0.343. The van der Waals surface area contributed by atoms with Crippen LogP contribution in [0.1, 0.15) is 63.0 Å². The van der Waals surface area contributed by atoms with Crippen molar-refractivity contribution in [2.75, 3.05) is 0 Å². The van der Waals surface area contributed by atoms with E-state index in [1.807, 2.05) is 0 Å². The van der Waals surface area contributed by atoms with Gasteiger partial charge in [0.05, 0.1) is 0 Å². The Hall–Kier alpha value is -2.15. The summed E-state index contributed by atoms with van der Waals surface area (Å²) < 4.78 is 0. The van der Waals surface area contributed by atoms with Gasteiger partial charge in [-0.3, -0.25) is 0 Å². The third-order valence-corrected chi connectivity index (χ3v) is 6.46. The Kier molecular flexibility index (Phi) is 4.33. The Morgan fingerprint density at radius 1 is 0.960 bits per heavy atom. The molecule has 0 heterocycles. The zero-order valence-electron chi connectivity index (χ0n) is 15.3. The zero-order chi connectivity index (χ0) is 17.4. The van der Waals surface area contributed by atoms with Gasteiger partial charge in [-0.2, -0.15) is 0 Å². The Bertz CT molecular complexity index is 884. The first-order chi connectivity index (χ1) is 12.2. The monoisotopic (exact) mass is 329 g/mol. The molecule has 1 N–H and O–H groups in total. The van der Waals surface area contributed by atoms with Gasteiger partial charge in [0.2, 0.25) is 0 Å². The van der Waals surface area contributed by atoms with Crippen LogP contribution in [-0.4, -0.2) is 6.21 Å². The first-order valence-electron chi connectivity index (χ1n) is 9.59. The summed E-state index contributed by atoms with van der Waals surface area (Å²) in [6, 6.07) is 13.1. The zero-order valence-corrected chi connectivity index (χ0v) is 15.3. The molecule has 0 aromatic heterocycles. The minimum atomic E-state index is 0.555. The Labute approximate surface area is 151 Å². The Balaban J connectivity index is 1.82. The summed E-state index contributed by atoms with van der Waals surface area (Å²) in [5.74, 6) is 1.20. The number of fused-ring (bicyclic) bond motifs is 1. The maximum absolute atomic E-state index is 8.08. The third-order valence-electron chi connectivity index (χ3n) is 6.46. The van der Waals surface area contributed by atoms with Crippen molar-refractivity contribution < 1.29 is 0 Å². The highest BCUT2D eigenvalue weighted by Gasteiger charge is 2.32. The van der Waals surface area contributed by atoms with E-state index in [-0.39, 0.29) is 0 Å². The van der Waals surface area contributed by atoms with Crippen LogP contribution in [-0.2, 0) is 0 Å². The van der Waals surface area contributed by atoms with Crippen LogP contribution in [0, 0.1) is 11.3 Å².